The van der Waals surface area contributed by atoms with Gasteiger partial charge in [0, 0.05) is 18.2 Å². The van der Waals surface area contributed by atoms with Gasteiger partial charge in [-0.15, -0.1) is 0 Å². The zero-order valence-corrected chi connectivity index (χ0v) is 14.9. The van der Waals surface area contributed by atoms with Crippen molar-refractivity contribution in [2.24, 2.45) is 17.6 Å². The number of nitrogens with two attached hydrogens (primary N) is 1. The number of hydrogen-bond donors (Lipinski definition) is 2. The lowest BCUT2D eigenvalue weighted by Crippen LogP contribution is -2.58. The number of para-hydroxylation sites is 1. The van der Waals surface area contributed by atoms with Crippen LogP contribution in [-0.4, -0.2) is 45.3 Å². The zero-order chi connectivity index (χ0) is 18.4. The summed E-state index contributed by atoms with van der Waals surface area (Å²) in [5, 5.41) is 11.1. The second-order valence-electron chi connectivity index (χ2n) is 6.70. The molecule has 2 aliphatic rings. The number of nitrogens with one attached hydrogen (secondary N) is 1. The maximum atomic E-state index is 12.7. The van der Waals surface area contributed by atoms with Crippen LogP contribution in [0, 0.1) is 22.0 Å². The first kappa shape index (κ1) is 18.2. The lowest BCUT2D eigenvalue weighted by molar-refractivity contribution is -0.387. The second-order valence-corrected chi connectivity index (χ2v) is 10.5. The number of sulfone groups is 1. The van der Waals surface area contributed by atoms with Gasteiger partial charge >= 0.3 is 0 Å². The maximum absolute atomic E-state index is 12.7. The molecular formula is C14H19N3O6S2. The molecule has 2 atom stereocenters. The van der Waals surface area contributed by atoms with Gasteiger partial charge in [0.2, 0.25) is 10.0 Å². The van der Waals surface area contributed by atoms with Crippen LogP contribution in [0.3, 0.4) is 0 Å². The lowest BCUT2D eigenvalue weighted by atomic mass is 9.76. The minimum atomic E-state index is -4.16. The summed E-state index contributed by atoms with van der Waals surface area (Å²) in [6.07, 6.45) is 0.805. The third-order valence-corrected chi connectivity index (χ3v) is 8.18. The van der Waals surface area contributed by atoms with Crippen LogP contribution >= 0.6 is 0 Å². The summed E-state index contributed by atoms with van der Waals surface area (Å²) in [6, 6.07) is 4.32. The van der Waals surface area contributed by atoms with Gasteiger partial charge < -0.3 is 5.73 Å². The van der Waals surface area contributed by atoms with Crippen molar-refractivity contribution < 1.29 is 21.8 Å². The van der Waals surface area contributed by atoms with Gasteiger partial charge in [-0.05, 0) is 30.7 Å². The van der Waals surface area contributed by atoms with Gasteiger partial charge in [0.15, 0.2) is 14.7 Å². The molecule has 1 saturated carbocycles. The number of fused-ring (bicyclic) bond motifs is 2. The molecule has 11 heteroatoms. The first-order chi connectivity index (χ1) is 11.6. The highest BCUT2D eigenvalue weighted by Gasteiger charge is 2.46. The summed E-state index contributed by atoms with van der Waals surface area (Å²) >= 11 is 0. The van der Waals surface area contributed by atoms with Gasteiger partial charge in [-0.2, -0.15) is 0 Å². The van der Waals surface area contributed by atoms with Gasteiger partial charge in [0.25, 0.3) is 5.69 Å². The van der Waals surface area contributed by atoms with Crippen molar-refractivity contribution in [3.05, 3.63) is 34.4 Å². The van der Waals surface area contributed by atoms with Gasteiger partial charge in [-0.1, -0.05) is 12.1 Å². The van der Waals surface area contributed by atoms with Crippen LogP contribution < -0.4 is 10.5 Å². The first-order valence-electron chi connectivity index (χ1n) is 7.81. The Kier molecular flexibility index (Phi) is 4.60. The SMILES string of the molecule is NC1CC2CS(=O)(=O)CC(C1)C2NS(=O)(=O)c1ccccc1[N+](=O)[O-]. The van der Waals surface area contributed by atoms with E-state index in [1.807, 2.05) is 0 Å². The molecule has 9 nitrogen and oxygen atoms in total. The van der Waals surface area contributed by atoms with Crippen LogP contribution in [0.5, 0.6) is 0 Å². The molecule has 0 aromatic heterocycles. The Morgan fingerprint density at radius 1 is 1.16 bits per heavy atom. The largest absolute Gasteiger partial charge is 0.328 e. The van der Waals surface area contributed by atoms with Crippen molar-refractivity contribution in [2.75, 3.05) is 11.5 Å². The minimum Gasteiger partial charge on any atom is -0.328 e. The number of benzene rings is 1. The molecule has 138 valence electrons. The van der Waals surface area contributed by atoms with E-state index in [4.69, 9.17) is 5.73 Å². The highest BCUT2D eigenvalue weighted by molar-refractivity contribution is 7.91. The molecule has 1 aliphatic carbocycles. The predicted octanol–water partition coefficient (Wildman–Crippen LogP) is 0.0236. The molecule has 25 heavy (non-hydrogen) atoms. The number of nitro groups is 1. The van der Waals surface area contributed by atoms with Gasteiger partial charge in [0.1, 0.15) is 0 Å². The fraction of sp³-hybridized carbons (Fsp3) is 0.571. The third kappa shape index (κ3) is 3.68. The van der Waals surface area contributed by atoms with E-state index in [1.165, 1.54) is 18.2 Å². The Balaban J connectivity index is 1.93. The number of sulfonamides is 1. The fourth-order valence-corrected chi connectivity index (χ4v) is 7.56. The standard InChI is InChI=1S/C14H19N3O6S2/c15-11-5-9-7-24(20,21)8-10(6-11)14(9)16-25(22,23)13-4-2-1-3-12(13)17(18)19/h1-4,9-11,14,16H,5-8,15H2. The molecule has 3 rings (SSSR count). The number of nitrogens with zero attached hydrogens (tertiary/aromatic N) is 1. The van der Waals surface area contributed by atoms with E-state index in [0.29, 0.717) is 12.8 Å². The molecule has 1 heterocycles. The number of rotatable bonds is 4. The molecule has 1 aliphatic heterocycles. The van der Waals surface area contributed by atoms with E-state index in [1.54, 1.807) is 0 Å². The zero-order valence-electron chi connectivity index (χ0n) is 13.2. The van der Waals surface area contributed by atoms with E-state index < -0.39 is 53.2 Å². The highest BCUT2D eigenvalue weighted by Crippen LogP contribution is 2.37. The Morgan fingerprint density at radius 2 is 1.72 bits per heavy atom. The summed E-state index contributed by atoms with van der Waals surface area (Å²) in [5.41, 5.74) is 5.44. The van der Waals surface area contributed by atoms with E-state index >= 15 is 0 Å². The fourth-order valence-electron chi connectivity index (χ4n) is 3.89. The predicted molar refractivity (Wildman–Crippen MR) is 90.0 cm³/mol. The Labute approximate surface area is 145 Å². The summed E-state index contributed by atoms with van der Waals surface area (Å²) in [7, 11) is -7.40. The van der Waals surface area contributed by atoms with Gasteiger partial charge in [-0.3, -0.25) is 10.1 Å². The molecule has 2 bridgehead atoms. The molecular weight excluding hydrogens is 370 g/mol. The van der Waals surface area contributed by atoms with Crippen LogP contribution in [0.2, 0.25) is 0 Å². The van der Waals surface area contributed by atoms with Crippen molar-refractivity contribution in [1.29, 1.82) is 0 Å². The van der Waals surface area contributed by atoms with Crippen molar-refractivity contribution in [3.63, 3.8) is 0 Å². The van der Waals surface area contributed by atoms with Crippen LogP contribution in [0.15, 0.2) is 29.2 Å². The van der Waals surface area contributed by atoms with Crippen molar-refractivity contribution in [1.82, 2.24) is 4.72 Å². The van der Waals surface area contributed by atoms with Crippen LogP contribution in [0.25, 0.3) is 0 Å². The average molecular weight is 389 g/mol. The van der Waals surface area contributed by atoms with E-state index in [9.17, 15) is 26.9 Å². The number of nitro benzene ring substituents is 1. The van der Waals surface area contributed by atoms with E-state index in [-0.39, 0.29) is 17.5 Å². The second kappa shape index (κ2) is 6.31. The van der Waals surface area contributed by atoms with Crippen LogP contribution in [0.1, 0.15) is 12.8 Å². The van der Waals surface area contributed by atoms with Gasteiger partial charge in [0.05, 0.1) is 16.4 Å². The van der Waals surface area contributed by atoms with Crippen molar-refractivity contribution in [2.45, 2.75) is 29.8 Å². The monoisotopic (exact) mass is 389 g/mol. The average Bonchev–Trinajstić information content (AvgIpc) is 2.48. The Hall–Kier alpha value is -1.56. The number of hydrogen-bond acceptors (Lipinski definition) is 7. The minimum absolute atomic E-state index is 0.124. The molecule has 2 unspecified atom stereocenters. The highest BCUT2D eigenvalue weighted by atomic mass is 32.2. The topological polar surface area (TPSA) is 149 Å². The summed E-state index contributed by atoms with van der Waals surface area (Å²) in [4.78, 5) is 9.93. The molecule has 3 N–H and O–H groups in total. The maximum Gasteiger partial charge on any atom is 0.289 e. The molecule has 2 fully saturated rings. The van der Waals surface area contributed by atoms with Crippen LogP contribution in [-0.2, 0) is 19.9 Å². The molecule has 1 saturated heterocycles. The first-order valence-corrected chi connectivity index (χ1v) is 11.1. The molecule has 1 aromatic carbocycles. The van der Waals surface area contributed by atoms with Crippen molar-refractivity contribution >= 4 is 25.5 Å². The molecule has 0 radical (unpaired) electrons. The van der Waals surface area contributed by atoms with Crippen LogP contribution in [0.4, 0.5) is 5.69 Å². The smallest absolute Gasteiger partial charge is 0.289 e. The summed E-state index contributed by atoms with van der Waals surface area (Å²) in [5.74, 6) is -1.10. The summed E-state index contributed by atoms with van der Waals surface area (Å²) in [6.45, 7) is 0. The van der Waals surface area contributed by atoms with Gasteiger partial charge in [-0.25, -0.2) is 21.6 Å². The normalized spacial score (nSPS) is 31.4. The molecule has 0 spiro atoms. The quantitative estimate of drug-likeness (QED) is 0.544. The van der Waals surface area contributed by atoms with E-state index in [2.05, 4.69) is 4.72 Å². The molecule has 0 amide bonds. The van der Waals surface area contributed by atoms with Crippen molar-refractivity contribution in [3.8, 4) is 0 Å². The lowest BCUT2D eigenvalue weighted by Gasteiger charge is -2.44. The Morgan fingerprint density at radius 3 is 2.28 bits per heavy atom. The van der Waals surface area contributed by atoms with E-state index in [0.717, 1.165) is 6.07 Å². The summed E-state index contributed by atoms with van der Waals surface area (Å²) < 4.78 is 51.9. The Bertz CT molecular complexity index is 877. The molecule has 1 aromatic rings. The third-order valence-electron chi connectivity index (χ3n) is 4.81.